The van der Waals surface area contributed by atoms with E-state index in [4.69, 9.17) is 0 Å². The van der Waals surface area contributed by atoms with Crippen LogP contribution in [0.15, 0.2) is 30.5 Å². The van der Waals surface area contributed by atoms with Gasteiger partial charge in [0, 0.05) is 11.4 Å². The highest BCUT2D eigenvalue weighted by molar-refractivity contribution is 5.56. The number of allylic oxidation sites excluding steroid dienone is 1. The third-order valence-corrected chi connectivity index (χ3v) is 2.50. The number of nitrogens with one attached hydrogen (secondary N) is 1. The van der Waals surface area contributed by atoms with Crippen LogP contribution in [-0.2, 0) is 6.42 Å². The molecule has 0 fully saturated rings. The molecule has 2 rings (SSSR count). The lowest BCUT2D eigenvalue weighted by molar-refractivity contribution is 0.836. The molecular formula is C12H15N. The van der Waals surface area contributed by atoms with Gasteiger partial charge in [-0.2, -0.15) is 0 Å². The van der Waals surface area contributed by atoms with E-state index in [1.54, 1.807) is 0 Å². The summed E-state index contributed by atoms with van der Waals surface area (Å²) in [6, 6.07) is 6.56. The van der Waals surface area contributed by atoms with Crippen molar-refractivity contribution in [2.75, 3.05) is 5.32 Å². The zero-order chi connectivity index (χ0) is 9.26. The van der Waals surface area contributed by atoms with Gasteiger partial charge >= 0.3 is 0 Å². The molecular weight excluding hydrogens is 158 g/mol. The quantitative estimate of drug-likeness (QED) is 0.635. The summed E-state index contributed by atoms with van der Waals surface area (Å²) >= 11 is 0. The maximum Gasteiger partial charge on any atom is 0.0414 e. The first kappa shape index (κ1) is 8.36. The van der Waals surface area contributed by atoms with E-state index in [2.05, 4.69) is 37.0 Å². The lowest BCUT2D eigenvalue weighted by Gasteiger charge is -2.08. The van der Waals surface area contributed by atoms with E-state index >= 15 is 0 Å². The molecule has 0 saturated carbocycles. The number of benzene rings is 1. The summed E-state index contributed by atoms with van der Waals surface area (Å²) in [7, 11) is 0. The highest BCUT2D eigenvalue weighted by atomic mass is 14.9. The number of hydrogen-bond acceptors (Lipinski definition) is 1. The van der Waals surface area contributed by atoms with E-state index in [1.807, 2.05) is 0 Å². The molecule has 0 spiro atoms. The maximum atomic E-state index is 3.98. The first-order valence-corrected chi connectivity index (χ1v) is 4.80. The Balaban J connectivity index is 2.40. The highest BCUT2D eigenvalue weighted by Gasteiger charge is 2.08. The molecule has 0 bridgehead atoms. The molecule has 1 aromatic carbocycles. The molecule has 1 aliphatic rings. The Morgan fingerprint density at radius 1 is 1.31 bits per heavy atom. The van der Waals surface area contributed by atoms with Crippen molar-refractivity contribution in [1.29, 1.82) is 0 Å². The summed E-state index contributed by atoms with van der Waals surface area (Å²) in [4.78, 5) is 0. The molecule has 0 saturated heterocycles. The SMILES string of the molecule is C=C1CCCc2cc(C)ccc2N1. The third-order valence-electron chi connectivity index (χ3n) is 2.50. The molecule has 1 aromatic rings. The van der Waals surface area contributed by atoms with Gasteiger partial charge < -0.3 is 5.32 Å². The van der Waals surface area contributed by atoms with Gasteiger partial charge in [-0.25, -0.2) is 0 Å². The lowest BCUT2D eigenvalue weighted by atomic mass is 10.1. The van der Waals surface area contributed by atoms with Crippen LogP contribution < -0.4 is 5.32 Å². The zero-order valence-corrected chi connectivity index (χ0v) is 8.06. The van der Waals surface area contributed by atoms with E-state index in [9.17, 15) is 0 Å². The molecule has 0 radical (unpaired) electrons. The highest BCUT2D eigenvalue weighted by Crippen LogP contribution is 2.25. The normalized spacial score (nSPS) is 15.9. The molecule has 1 heteroatoms. The van der Waals surface area contributed by atoms with Gasteiger partial charge in [0.1, 0.15) is 0 Å². The fourth-order valence-electron chi connectivity index (χ4n) is 1.80. The van der Waals surface area contributed by atoms with Crippen LogP contribution in [0, 0.1) is 6.92 Å². The number of hydrogen-bond donors (Lipinski definition) is 1. The van der Waals surface area contributed by atoms with Gasteiger partial charge in [0.2, 0.25) is 0 Å². The van der Waals surface area contributed by atoms with Crippen LogP contribution in [0.4, 0.5) is 5.69 Å². The van der Waals surface area contributed by atoms with Gasteiger partial charge in [0.25, 0.3) is 0 Å². The minimum atomic E-state index is 1.09. The van der Waals surface area contributed by atoms with Crippen LogP contribution in [0.5, 0.6) is 0 Å². The van der Waals surface area contributed by atoms with Crippen molar-refractivity contribution in [3.8, 4) is 0 Å². The predicted molar refractivity (Wildman–Crippen MR) is 56.9 cm³/mol. The summed E-state index contributed by atoms with van der Waals surface area (Å²) in [6.45, 7) is 6.12. The lowest BCUT2D eigenvalue weighted by Crippen LogP contribution is -1.96. The fourth-order valence-corrected chi connectivity index (χ4v) is 1.80. The monoisotopic (exact) mass is 173 g/mol. The molecule has 0 atom stereocenters. The van der Waals surface area contributed by atoms with Crippen molar-refractivity contribution in [3.63, 3.8) is 0 Å². The molecule has 68 valence electrons. The first-order chi connectivity index (χ1) is 6.25. The van der Waals surface area contributed by atoms with Crippen LogP contribution >= 0.6 is 0 Å². The molecule has 13 heavy (non-hydrogen) atoms. The summed E-state index contributed by atoms with van der Waals surface area (Å²) in [5, 5.41) is 3.36. The van der Waals surface area contributed by atoms with Crippen molar-refractivity contribution >= 4 is 5.69 Å². The molecule has 1 N–H and O–H groups in total. The standard InChI is InChI=1S/C12H15N/c1-9-6-7-12-11(8-9)5-3-4-10(2)13-12/h6-8,13H,2-5H2,1H3. The van der Waals surface area contributed by atoms with Crippen LogP contribution in [-0.4, -0.2) is 0 Å². The molecule has 1 heterocycles. The Labute approximate surface area is 79.5 Å². The van der Waals surface area contributed by atoms with E-state index < -0.39 is 0 Å². The second-order valence-corrected chi connectivity index (χ2v) is 3.74. The Morgan fingerprint density at radius 3 is 3.00 bits per heavy atom. The van der Waals surface area contributed by atoms with Gasteiger partial charge in [0.05, 0.1) is 0 Å². The zero-order valence-electron chi connectivity index (χ0n) is 8.06. The fraction of sp³-hybridized carbons (Fsp3) is 0.333. The van der Waals surface area contributed by atoms with Gasteiger partial charge in [0.15, 0.2) is 0 Å². The maximum absolute atomic E-state index is 3.98. The van der Waals surface area contributed by atoms with Gasteiger partial charge in [-0.05, 0) is 37.8 Å². The summed E-state index contributed by atoms with van der Waals surface area (Å²) in [6.07, 6.45) is 3.47. The minimum absolute atomic E-state index is 1.09. The predicted octanol–water partition coefficient (Wildman–Crippen LogP) is 3.26. The Bertz CT molecular complexity index is 339. The largest absolute Gasteiger partial charge is 0.359 e. The Kier molecular flexibility index (Phi) is 2.09. The second kappa shape index (κ2) is 3.25. The number of aryl methyl sites for hydroxylation is 2. The van der Waals surface area contributed by atoms with Crippen LogP contribution in [0.3, 0.4) is 0 Å². The molecule has 0 amide bonds. The van der Waals surface area contributed by atoms with Crippen LogP contribution in [0.25, 0.3) is 0 Å². The van der Waals surface area contributed by atoms with Crippen molar-refractivity contribution in [2.45, 2.75) is 26.2 Å². The number of anilines is 1. The Hall–Kier alpha value is -1.24. The van der Waals surface area contributed by atoms with Crippen molar-refractivity contribution in [1.82, 2.24) is 0 Å². The van der Waals surface area contributed by atoms with Crippen molar-refractivity contribution < 1.29 is 0 Å². The third kappa shape index (κ3) is 1.74. The Morgan fingerprint density at radius 2 is 2.15 bits per heavy atom. The molecule has 0 aliphatic carbocycles. The average molecular weight is 173 g/mol. The molecule has 0 unspecified atom stereocenters. The van der Waals surface area contributed by atoms with Crippen LogP contribution in [0.1, 0.15) is 24.0 Å². The second-order valence-electron chi connectivity index (χ2n) is 3.74. The van der Waals surface area contributed by atoms with Gasteiger partial charge in [-0.15, -0.1) is 0 Å². The average Bonchev–Trinajstić information content (AvgIpc) is 2.25. The van der Waals surface area contributed by atoms with Gasteiger partial charge in [-0.3, -0.25) is 0 Å². The van der Waals surface area contributed by atoms with Crippen LogP contribution in [0.2, 0.25) is 0 Å². The van der Waals surface area contributed by atoms with Crippen molar-refractivity contribution in [2.24, 2.45) is 0 Å². The molecule has 1 aliphatic heterocycles. The topological polar surface area (TPSA) is 12.0 Å². The molecule has 0 aromatic heterocycles. The van der Waals surface area contributed by atoms with E-state index in [0.717, 1.165) is 12.1 Å². The summed E-state index contributed by atoms with van der Waals surface area (Å²) in [5.41, 5.74) is 5.16. The smallest absolute Gasteiger partial charge is 0.0414 e. The molecule has 1 nitrogen and oxygen atoms in total. The van der Waals surface area contributed by atoms with Gasteiger partial charge in [-0.1, -0.05) is 24.3 Å². The summed E-state index contributed by atoms with van der Waals surface area (Å²) in [5.74, 6) is 0. The van der Waals surface area contributed by atoms with E-state index in [0.29, 0.717) is 0 Å². The van der Waals surface area contributed by atoms with E-state index in [1.165, 1.54) is 29.7 Å². The summed E-state index contributed by atoms with van der Waals surface area (Å²) < 4.78 is 0. The number of fused-ring (bicyclic) bond motifs is 1. The number of rotatable bonds is 0. The minimum Gasteiger partial charge on any atom is -0.359 e. The van der Waals surface area contributed by atoms with E-state index in [-0.39, 0.29) is 0 Å². The van der Waals surface area contributed by atoms with Crippen molar-refractivity contribution in [3.05, 3.63) is 41.6 Å². The first-order valence-electron chi connectivity index (χ1n) is 4.80.